The average Bonchev–Trinajstić information content (AvgIpc) is 2.86. The second-order valence-corrected chi connectivity index (χ2v) is 5.72. The third-order valence-corrected chi connectivity index (χ3v) is 3.64. The number of anilines is 1. The highest BCUT2D eigenvalue weighted by molar-refractivity contribution is 7.10. The van der Waals surface area contributed by atoms with Gasteiger partial charge in [-0.05, 0) is 43.2 Å². The molecule has 1 amide bonds. The van der Waals surface area contributed by atoms with Crippen LogP contribution in [-0.4, -0.2) is 17.6 Å². The summed E-state index contributed by atoms with van der Waals surface area (Å²) in [4.78, 5) is 13.0. The smallest absolute Gasteiger partial charge is 0.256 e. The van der Waals surface area contributed by atoms with E-state index in [-0.39, 0.29) is 12.5 Å². The van der Waals surface area contributed by atoms with Crippen molar-refractivity contribution in [2.75, 3.05) is 11.9 Å². The van der Waals surface area contributed by atoms with E-state index in [1.54, 1.807) is 11.4 Å². The van der Waals surface area contributed by atoms with Crippen LogP contribution in [0.3, 0.4) is 0 Å². The number of aliphatic hydroxyl groups is 1. The first-order chi connectivity index (χ1) is 10.1. The summed E-state index contributed by atoms with van der Waals surface area (Å²) in [5.74, 6) is 5.65. The maximum absolute atomic E-state index is 12.2. The van der Waals surface area contributed by atoms with Crippen LogP contribution in [-0.2, 0) is 0 Å². The number of carbonyl (C=O) groups is 1. The Balaban J connectivity index is 2.09. The Hall–Kier alpha value is -2.09. The van der Waals surface area contributed by atoms with Crippen molar-refractivity contribution >= 4 is 22.9 Å². The van der Waals surface area contributed by atoms with Crippen LogP contribution < -0.4 is 5.32 Å². The first-order valence-corrected chi connectivity index (χ1v) is 7.54. The molecule has 0 spiro atoms. The van der Waals surface area contributed by atoms with Crippen molar-refractivity contribution in [1.82, 2.24) is 0 Å². The van der Waals surface area contributed by atoms with Crippen LogP contribution in [0.4, 0.5) is 5.69 Å². The number of hydrogen-bond donors (Lipinski definition) is 2. The SMILES string of the molecule is Cc1cc(C)cc(NC(=O)c2csc(C#CCCO)c2)c1. The van der Waals surface area contributed by atoms with Gasteiger partial charge in [-0.2, -0.15) is 0 Å². The second kappa shape index (κ2) is 7.07. The largest absolute Gasteiger partial charge is 0.395 e. The zero-order chi connectivity index (χ0) is 15.2. The van der Waals surface area contributed by atoms with E-state index in [2.05, 4.69) is 23.2 Å². The fraction of sp³-hybridized carbons (Fsp3) is 0.235. The third kappa shape index (κ3) is 4.45. The van der Waals surface area contributed by atoms with E-state index in [4.69, 9.17) is 5.11 Å². The van der Waals surface area contributed by atoms with Gasteiger partial charge in [0.25, 0.3) is 5.91 Å². The minimum atomic E-state index is -0.133. The number of amides is 1. The van der Waals surface area contributed by atoms with Gasteiger partial charge in [0.1, 0.15) is 0 Å². The summed E-state index contributed by atoms with van der Waals surface area (Å²) in [7, 11) is 0. The molecule has 108 valence electrons. The highest BCUT2D eigenvalue weighted by Gasteiger charge is 2.08. The molecule has 3 nitrogen and oxygen atoms in total. The number of aryl methyl sites for hydroxylation is 2. The van der Waals surface area contributed by atoms with Crippen molar-refractivity contribution in [2.45, 2.75) is 20.3 Å². The third-order valence-electron chi connectivity index (χ3n) is 2.79. The molecule has 2 rings (SSSR count). The second-order valence-electron chi connectivity index (χ2n) is 4.81. The lowest BCUT2D eigenvalue weighted by Crippen LogP contribution is -2.11. The fourth-order valence-electron chi connectivity index (χ4n) is 1.98. The van der Waals surface area contributed by atoms with E-state index in [0.29, 0.717) is 12.0 Å². The van der Waals surface area contributed by atoms with Gasteiger partial charge in [0, 0.05) is 17.5 Å². The zero-order valence-electron chi connectivity index (χ0n) is 12.1. The highest BCUT2D eigenvalue weighted by Crippen LogP contribution is 2.18. The predicted octanol–water partition coefficient (Wildman–Crippen LogP) is 3.35. The molecule has 21 heavy (non-hydrogen) atoms. The summed E-state index contributed by atoms with van der Waals surface area (Å²) in [6, 6.07) is 7.72. The van der Waals surface area contributed by atoms with Crippen LogP contribution in [0.2, 0.25) is 0 Å². The molecule has 4 heteroatoms. The first kappa shape index (κ1) is 15.3. The predicted molar refractivity (Wildman–Crippen MR) is 86.8 cm³/mol. The molecule has 0 saturated carbocycles. The molecule has 0 atom stereocenters. The lowest BCUT2D eigenvalue weighted by Gasteiger charge is -2.06. The molecule has 0 radical (unpaired) electrons. The van der Waals surface area contributed by atoms with Crippen LogP contribution in [0.5, 0.6) is 0 Å². The lowest BCUT2D eigenvalue weighted by molar-refractivity contribution is 0.102. The molecule has 0 saturated heterocycles. The summed E-state index contributed by atoms with van der Waals surface area (Å²) in [5.41, 5.74) is 3.64. The lowest BCUT2D eigenvalue weighted by atomic mass is 10.1. The van der Waals surface area contributed by atoms with Gasteiger partial charge in [0.15, 0.2) is 0 Å². The number of rotatable bonds is 3. The Bertz CT molecular complexity index is 687. The summed E-state index contributed by atoms with van der Waals surface area (Å²) in [6.45, 7) is 4.06. The van der Waals surface area contributed by atoms with E-state index < -0.39 is 0 Å². The quantitative estimate of drug-likeness (QED) is 0.854. The minimum Gasteiger partial charge on any atom is -0.395 e. The Morgan fingerprint density at radius 1 is 1.24 bits per heavy atom. The fourth-order valence-corrected chi connectivity index (χ4v) is 2.73. The van der Waals surface area contributed by atoms with Crippen LogP contribution in [0.15, 0.2) is 29.6 Å². The van der Waals surface area contributed by atoms with Crippen LogP contribution in [0.1, 0.15) is 32.8 Å². The highest BCUT2D eigenvalue weighted by atomic mass is 32.1. The van der Waals surface area contributed by atoms with Gasteiger partial charge in [-0.3, -0.25) is 4.79 Å². The standard InChI is InChI=1S/C17H17NO2S/c1-12-7-13(2)9-15(8-12)18-17(20)14-10-16(21-11-14)5-3-4-6-19/h7-11,19H,4,6H2,1-2H3,(H,18,20). The zero-order valence-corrected chi connectivity index (χ0v) is 12.9. The normalized spacial score (nSPS) is 9.86. The van der Waals surface area contributed by atoms with E-state index in [9.17, 15) is 4.79 Å². The molecule has 0 aliphatic rings. The topological polar surface area (TPSA) is 49.3 Å². The van der Waals surface area contributed by atoms with E-state index in [0.717, 1.165) is 21.7 Å². The molecule has 0 aliphatic heterocycles. The van der Waals surface area contributed by atoms with Crippen molar-refractivity contribution in [3.05, 3.63) is 51.2 Å². The Kier molecular flexibility index (Phi) is 5.15. The molecule has 1 heterocycles. The molecular weight excluding hydrogens is 282 g/mol. The molecule has 0 fully saturated rings. The number of hydrogen-bond acceptors (Lipinski definition) is 3. The molecule has 2 aromatic rings. The van der Waals surface area contributed by atoms with Crippen LogP contribution in [0.25, 0.3) is 0 Å². The number of aliphatic hydroxyl groups excluding tert-OH is 1. The maximum Gasteiger partial charge on any atom is 0.256 e. The number of thiophene rings is 1. The number of nitrogens with one attached hydrogen (secondary N) is 1. The van der Waals surface area contributed by atoms with E-state index in [1.807, 2.05) is 26.0 Å². The molecule has 0 unspecified atom stereocenters. The van der Waals surface area contributed by atoms with Gasteiger partial charge in [-0.25, -0.2) is 0 Å². The van der Waals surface area contributed by atoms with Crippen molar-refractivity contribution in [1.29, 1.82) is 0 Å². The first-order valence-electron chi connectivity index (χ1n) is 6.66. The summed E-state index contributed by atoms with van der Waals surface area (Å²) < 4.78 is 0. The number of benzene rings is 1. The van der Waals surface area contributed by atoms with Crippen LogP contribution in [0, 0.1) is 25.7 Å². The molecule has 0 bridgehead atoms. The van der Waals surface area contributed by atoms with Crippen molar-refractivity contribution < 1.29 is 9.90 Å². The monoisotopic (exact) mass is 299 g/mol. The molecule has 1 aromatic carbocycles. The van der Waals surface area contributed by atoms with Crippen molar-refractivity contribution in [3.63, 3.8) is 0 Å². The van der Waals surface area contributed by atoms with Gasteiger partial charge < -0.3 is 10.4 Å². The molecule has 0 aliphatic carbocycles. The van der Waals surface area contributed by atoms with Crippen molar-refractivity contribution in [3.8, 4) is 11.8 Å². The summed E-state index contributed by atoms with van der Waals surface area (Å²) in [6.07, 6.45) is 0.446. The van der Waals surface area contributed by atoms with Gasteiger partial charge >= 0.3 is 0 Å². The summed E-state index contributed by atoms with van der Waals surface area (Å²) >= 11 is 1.43. The van der Waals surface area contributed by atoms with E-state index >= 15 is 0 Å². The molecular formula is C17H17NO2S. The Morgan fingerprint density at radius 2 is 1.95 bits per heavy atom. The molecule has 2 N–H and O–H groups in total. The maximum atomic E-state index is 12.2. The van der Waals surface area contributed by atoms with Gasteiger partial charge in [0.05, 0.1) is 17.0 Å². The summed E-state index contributed by atoms with van der Waals surface area (Å²) in [5, 5.41) is 13.4. The van der Waals surface area contributed by atoms with Crippen LogP contribution >= 0.6 is 11.3 Å². The minimum absolute atomic E-state index is 0.0540. The average molecular weight is 299 g/mol. The van der Waals surface area contributed by atoms with Crippen molar-refractivity contribution in [2.24, 2.45) is 0 Å². The van der Waals surface area contributed by atoms with Gasteiger partial charge in [-0.1, -0.05) is 17.9 Å². The van der Waals surface area contributed by atoms with Gasteiger partial charge in [-0.15, -0.1) is 11.3 Å². The Morgan fingerprint density at radius 3 is 2.62 bits per heavy atom. The number of carbonyl (C=O) groups excluding carboxylic acids is 1. The Labute approximate surface area is 128 Å². The van der Waals surface area contributed by atoms with Gasteiger partial charge in [0.2, 0.25) is 0 Å². The van der Waals surface area contributed by atoms with E-state index in [1.165, 1.54) is 11.3 Å². The molecule has 1 aromatic heterocycles.